The molecule has 0 radical (unpaired) electrons. The van der Waals surface area contributed by atoms with Crippen molar-refractivity contribution in [2.45, 2.75) is 6.04 Å². The molecule has 0 spiro atoms. The van der Waals surface area contributed by atoms with Gasteiger partial charge >= 0.3 is 0 Å². The second-order valence-electron chi connectivity index (χ2n) is 6.48. The number of aromatic nitrogens is 1. The fourth-order valence-electron chi connectivity index (χ4n) is 3.57. The molecule has 0 unspecified atom stereocenters. The van der Waals surface area contributed by atoms with Gasteiger partial charge in [-0.3, -0.25) is 14.5 Å². The minimum atomic E-state index is -0.757. The summed E-state index contributed by atoms with van der Waals surface area (Å²) in [6.07, 6.45) is 1.58. The van der Waals surface area contributed by atoms with Gasteiger partial charge in [0.25, 0.3) is 5.91 Å². The summed E-state index contributed by atoms with van der Waals surface area (Å²) in [5.74, 6) is -0.402. The van der Waals surface area contributed by atoms with Crippen LogP contribution in [-0.4, -0.2) is 18.0 Å². The maximum Gasteiger partial charge on any atom is 0.297 e. The SMILES string of the molecule is COc1ccc2c(=O)c3c(oc2c1)C(=O)N(c1nccs1)[C@@H]3c1ccc(F)cc1. The largest absolute Gasteiger partial charge is 0.497 e. The van der Waals surface area contributed by atoms with Crippen LogP contribution in [0.2, 0.25) is 0 Å². The average molecular weight is 408 g/mol. The predicted octanol–water partition coefficient (Wildman–Crippen LogP) is 4.15. The third kappa shape index (κ3) is 2.64. The maximum absolute atomic E-state index is 13.5. The van der Waals surface area contributed by atoms with Gasteiger partial charge in [0.2, 0.25) is 5.76 Å². The Balaban J connectivity index is 1.81. The molecular weight excluding hydrogens is 395 g/mol. The van der Waals surface area contributed by atoms with Crippen molar-refractivity contribution in [1.82, 2.24) is 4.98 Å². The highest BCUT2D eigenvalue weighted by molar-refractivity contribution is 7.13. The van der Waals surface area contributed by atoms with Gasteiger partial charge in [-0.25, -0.2) is 9.37 Å². The molecule has 1 atom stereocenters. The molecule has 0 saturated heterocycles. The van der Waals surface area contributed by atoms with Crippen LogP contribution in [0, 0.1) is 5.82 Å². The van der Waals surface area contributed by atoms with Gasteiger partial charge < -0.3 is 9.15 Å². The van der Waals surface area contributed by atoms with Crippen LogP contribution < -0.4 is 15.1 Å². The summed E-state index contributed by atoms with van der Waals surface area (Å²) in [6, 6.07) is 9.79. The first-order valence-electron chi connectivity index (χ1n) is 8.71. The minimum absolute atomic E-state index is 0.0414. The lowest BCUT2D eigenvalue weighted by Gasteiger charge is -2.22. The summed E-state index contributed by atoms with van der Waals surface area (Å²) in [6.45, 7) is 0. The lowest BCUT2D eigenvalue weighted by atomic mass is 9.98. The summed E-state index contributed by atoms with van der Waals surface area (Å²) in [5.41, 5.74) is 0.759. The second-order valence-corrected chi connectivity index (χ2v) is 7.35. The molecule has 2 aromatic carbocycles. The lowest BCUT2D eigenvalue weighted by Crippen LogP contribution is -2.29. The molecule has 0 bridgehead atoms. The van der Waals surface area contributed by atoms with Gasteiger partial charge in [-0.1, -0.05) is 12.1 Å². The van der Waals surface area contributed by atoms with Crippen LogP contribution >= 0.6 is 11.3 Å². The number of rotatable bonds is 3. The number of carbonyl (C=O) groups is 1. The molecule has 0 fully saturated rings. The third-order valence-electron chi connectivity index (χ3n) is 4.89. The van der Waals surface area contributed by atoms with Crippen molar-refractivity contribution in [2.75, 3.05) is 12.0 Å². The van der Waals surface area contributed by atoms with Crippen molar-refractivity contribution in [2.24, 2.45) is 0 Å². The normalized spacial score (nSPS) is 15.7. The molecule has 6 nitrogen and oxygen atoms in total. The van der Waals surface area contributed by atoms with E-state index in [2.05, 4.69) is 4.98 Å². The number of amides is 1. The molecule has 0 aliphatic carbocycles. The van der Waals surface area contributed by atoms with E-state index in [1.165, 1.54) is 35.5 Å². The summed E-state index contributed by atoms with van der Waals surface area (Å²) in [5, 5.41) is 2.51. The van der Waals surface area contributed by atoms with E-state index in [-0.39, 0.29) is 22.3 Å². The number of nitrogens with zero attached hydrogens (tertiary/aromatic N) is 2. The van der Waals surface area contributed by atoms with Gasteiger partial charge in [-0.15, -0.1) is 11.3 Å². The van der Waals surface area contributed by atoms with Crippen molar-refractivity contribution in [3.05, 3.63) is 87.0 Å². The fraction of sp³-hybridized carbons (Fsp3) is 0.0952. The third-order valence-corrected chi connectivity index (χ3v) is 5.66. The topological polar surface area (TPSA) is 72.6 Å². The number of halogens is 1. The van der Waals surface area contributed by atoms with E-state index in [0.29, 0.717) is 21.8 Å². The zero-order chi connectivity index (χ0) is 20.1. The van der Waals surface area contributed by atoms with Crippen molar-refractivity contribution < 1.29 is 18.3 Å². The average Bonchev–Trinajstić information content (AvgIpc) is 3.35. The Morgan fingerprint density at radius 2 is 1.97 bits per heavy atom. The number of methoxy groups -OCH3 is 1. The number of thiazole rings is 1. The van der Waals surface area contributed by atoms with Gasteiger partial charge in [0.1, 0.15) is 17.1 Å². The van der Waals surface area contributed by atoms with Gasteiger partial charge in [-0.2, -0.15) is 0 Å². The summed E-state index contributed by atoms with van der Waals surface area (Å²) >= 11 is 1.27. The lowest BCUT2D eigenvalue weighted by molar-refractivity contribution is 0.0971. The van der Waals surface area contributed by atoms with Crippen LogP contribution in [0.1, 0.15) is 27.7 Å². The van der Waals surface area contributed by atoms with Crippen molar-refractivity contribution >= 4 is 33.3 Å². The second kappa shape index (κ2) is 6.52. The fourth-order valence-corrected chi connectivity index (χ4v) is 4.24. The van der Waals surface area contributed by atoms with Gasteiger partial charge in [0.05, 0.1) is 24.1 Å². The van der Waals surface area contributed by atoms with E-state index < -0.39 is 17.8 Å². The predicted molar refractivity (Wildman–Crippen MR) is 106 cm³/mol. The quantitative estimate of drug-likeness (QED) is 0.509. The zero-order valence-corrected chi connectivity index (χ0v) is 15.9. The van der Waals surface area contributed by atoms with E-state index >= 15 is 0 Å². The Morgan fingerprint density at radius 1 is 1.17 bits per heavy atom. The van der Waals surface area contributed by atoms with E-state index in [4.69, 9.17) is 9.15 Å². The van der Waals surface area contributed by atoms with Crippen LogP contribution in [0.3, 0.4) is 0 Å². The molecule has 5 rings (SSSR count). The molecule has 29 heavy (non-hydrogen) atoms. The summed E-state index contributed by atoms with van der Waals surface area (Å²) in [4.78, 5) is 32.3. The van der Waals surface area contributed by atoms with Crippen molar-refractivity contribution in [1.29, 1.82) is 0 Å². The van der Waals surface area contributed by atoms with E-state index in [1.807, 2.05) is 0 Å². The monoisotopic (exact) mass is 408 g/mol. The Labute approximate surface area is 167 Å². The van der Waals surface area contributed by atoms with Crippen molar-refractivity contribution in [3.8, 4) is 5.75 Å². The Hall–Kier alpha value is -3.52. The van der Waals surface area contributed by atoms with E-state index in [0.717, 1.165) is 0 Å². The summed E-state index contributed by atoms with van der Waals surface area (Å²) < 4.78 is 24.6. The molecule has 0 saturated carbocycles. The number of benzene rings is 2. The van der Waals surface area contributed by atoms with E-state index in [1.54, 1.807) is 41.9 Å². The standard InChI is InChI=1S/C21H13FN2O4S/c1-27-13-6-7-14-15(10-13)28-19-16(18(14)25)17(11-2-4-12(22)5-3-11)24(20(19)26)21-23-8-9-29-21/h2-10,17H,1H3/t17-/m1/s1. The van der Waals surface area contributed by atoms with Gasteiger partial charge in [-0.05, 0) is 29.8 Å². The van der Waals surface area contributed by atoms with Crippen LogP contribution in [0.15, 0.2) is 63.3 Å². The molecule has 2 aromatic heterocycles. The van der Waals surface area contributed by atoms with Gasteiger partial charge in [0.15, 0.2) is 10.6 Å². The molecule has 4 aromatic rings. The smallest absolute Gasteiger partial charge is 0.297 e. The van der Waals surface area contributed by atoms with Crippen molar-refractivity contribution in [3.63, 3.8) is 0 Å². The molecule has 1 aliphatic rings. The van der Waals surface area contributed by atoms with Crippen LogP contribution in [0.5, 0.6) is 5.75 Å². The molecule has 1 amide bonds. The number of hydrogen-bond acceptors (Lipinski definition) is 6. The Morgan fingerprint density at radius 3 is 2.66 bits per heavy atom. The first-order chi connectivity index (χ1) is 14.1. The highest BCUT2D eigenvalue weighted by Crippen LogP contribution is 2.42. The number of carbonyl (C=O) groups excluding carboxylic acids is 1. The maximum atomic E-state index is 13.5. The number of fused-ring (bicyclic) bond motifs is 2. The molecule has 1 aliphatic heterocycles. The first kappa shape index (κ1) is 17.6. The highest BCUT2D eigenvalue weighted by Gasteiger charge is 2.44. The molecule has 3 heterocycles. The zero-order valence-electron chi connectivity index (χ0n) is 15.1. The Bertz CT molecular complexity index is 1300. The molecule has 0 N–H and O–H groups in total. The minimum Gasteiger partial charge on any atom is -0.497 e. The number of ether oxygens (including phenoxy) is 1. The molecule has 8 heteroatoms. The van der Waals surface area contributed by atoms with Crippen LogP contribution in [-0.2, 0) is 0 Å². The molecular formula is C21H13FN2O4S. The highest BCUT2D eigenvalue weighted by atomic mass is 32.1. The van der Waals surface area contributed by atoms with Crippen LogP contribution in [0.4, 0.5) is 9.52 Å². The molecule has 144 valence electrons. The Kier molecular flexibility index (Phi) is 3.95. The summed E-state index contributed by atoms with van der Waals surface area (Å²) in [7, 11) is 1.51. The number of anilines is 1. The van der Waals surface area contributed by atoms with Gasteiger partial charge in [0, 0.05) is 17.6 Å². The first-order valence-corrected chi connectivity index (χ1v) is 9.59. The number of hydrogen-bond donors (Lipinski definition) is 0. The van der Waals surface area contributed by atoms with E-state index in [9.17, 15) is 14.0 Å². The van der Waals surface area contributed by atoms with Crippen LogP contribution in [0.25, 0.3) is 11.0 Å².